The molecule has 2 aromatic rings. The van der Waals surface area contributed by atoms with Crippen LogP contribution in [0.4, 0.5) is 0 Å². The molecule has 0 spiro atoms. The van der Waals surface area contributed by atoms with E-state index in [1.54, 1.807) is 54.6 Å². The van der Waals surface area contributed by atoms with Crippen LogP contribution in [0.25, 0.3) is 6.08 Å². The number of carbonyl (C=O) groups excluding carboxylic acids is 1. The normalized spacial score (nSPS) is 15.7. The first-order chi connectivity index (χ1) is 14.5. The first-order valence-electron chi connectivity index (χ1n) is 8.75. The Labute approximate surface area is 183 Å². The first-order valence-corrected chi connectivity index (χ1v) is 9.98. The van der Waals surface area contributed by atoms with Gasteiger partial charge in [-0.05, 0) is 29.3 Å². The zero-order valence-electron chi connectivity index (χ0n) is 15.9. The molecule has 0 radical (unpaired) electrons. The number of carboxylic acids is 1. The molecule has 1 N–H and O–H groups in total. The van der Waals surface area contributed by atoms with E-state index in [-0.39, 0.29) is 10.9 Å². The molecule has 1 aliphatic rings. The van der Waals surface area contributed by atoms with Crippen LogP contribution in [0, 0.1) is 12.3 Å². The average molecular weight is 440 g/mol. The summed E-state index contributed by atoms with van der Waals surface area (Å²) >= 11 is 6.38. The molecule has 1 fully saturated rings. The lowest BCUT2D eigenvalue weighted by Gasteiger charge is -2.23. The van der Waals surface area contributed by atoms with Crippen LogP contribution in [-0.4, -0.2) is 39.9 Å². The first kappa shape index (κ1) is 21.4. The summed E-state index contributed by atoms with van der Waals surface area (Å²) in [6.45, 7) is 0.102. The maximum Gasteiger partial charge on any atom is 0.331 e. The van der Waals surface area contributed by atoms with E-state index in [1.165, 1.54) is 7.11 Å². The van der Waals surface area contributed by atoms with Crippen LogP contribution < -0.4 is 9.47 Å². The number of hydrogen-bond acceptors (Lipinski definition) is 6. The van der Waals surface area contributed by atoms with Crippen molar-refractivity contribution < 1.29 is 24.2 Å². The Kier molecular flexibility index (Phi) is 6.77. The van der Waals surface area contributed by atoms with Gasteiger partial charge in [0.15, 0.2) is 17.5 Å². The standard InChI is InChI=1S/C22H17NO5S2/c1-3-11-28-16-10-9-14(12-17(16)27-2)13-18-20(24)23(22(29)30-18)19(21(25)26)15-7-5-4-6-8-15/h1,4-10,12-13,19H,11H2,2H3,(H,25,26)/b18-13+/t19-/m0/s1. The summed E-state index contributed by atoms with van der Waals surface area (Å²) in [6.07, 6.45) is 6.85. The third kappa shape index (κ3) is 4.48. The lowest BCUT2D eigenvalue weighted by Crippen LogP contribution is -2.37. The highest BCUT2D eigenvalue weighted by atomic mass is 32.2. The maximum absolute atomic E-state index is 13.0. The zero-order chi connectivity index (χ0) is 21.7. The van der Waals surface area contributed by atoms with Gasteiger partial charge in [-0.25, -0.2) is 4.79 Å². The number of thioether (sulfide) groups is 1. The lowest BCUT2D eigenvalue weighted by molar-refractivity contribution is -0.145. The second-order valence-electron chi connectivity index (χ2n) is 6.11. The van der Waals surface area contributed by atoms with Gasteiger partial charge in [-0.1, -0.05) is 66.3 Å². The molecule has 6 nitrogen and oxygen atoms in total. The zero-order valence-corrected chi connectivity index (χ0v) is 17.5. The van der Waals surface area contributed by atoms with Crippen LogP contribution in [0.1, 0.15) is 17.2 Å². The molecule has 1 aliphatic heterocycles. The lowest BCUT2D eigenvalue weighted by atomic mass is 10.1. The minimum atomic E-state index is -1.20. The Morgan fingerprint density at radius 2 is 2.03 bits per heavy atom. The van der Waals surface area contributed by atoms with Crippen molar-refractivity contribution in [3.63, 3.8) is 0 Å². The van der Waals surface area contributed by atoms with E-state index in [0.29, 0.717) is 27.5 Å². The van der Waals surface area contributed by atoms with E-state index in [2.05, 4.69) is 5.92 Å². The van der Waals surface area contributed by atoms with Gasteiger partial charge in [0.05, 0.1) is 12.0 Å². The third-order valence-electron chi connectivity index (χ3n) is 4.23. The second-order valence-corrected chi connectivity index (χ2v) is 7.78. The van der Waals surface area contributed by atoms with Gasteiger partial charge in [-0.15, -0.1) is 6.42 Å². The maximum atomic E-state index is 13.0. The fraction of sp³-hybridized carbons (Fsp3) is 0.136. The quantitative estimate of drug-likeness (QED) is 0.400. The van der Waals surface area contributed by atoms with Crippen LogP contribution in [0.3, 0.4) is 0 Å². The number of benzene rings is 2. The van der Waals surface area contributed by atoms with Crippen LogP contribution in [0.15, 0.2) is 53.4 Å². The van der Waals surface area contributed by atoms with E-state index in [4.69, 9.17) is 28.1 Å². The summed E-state index contributed by atoms with van der Waals surface area (Å²) in [5.74, 6) is 1.70. The monoisotopic (exact) mass is 439 g/mol. The van der Waals surface area contributed by atoms with Crippen LogP contribution in [-0.2, 0) is 9.59 Å². The summed E-state index contributed by atoms with van der Waals surface area (Å²) in [4.78, 5) is 26.4. The van der Waals surface area contributed by atoms with Gasteiger partial charge >= 0.3 is 5.97 Å². The van der Waals surface area contributed by atoms with E-state index >= 15 is 0 Å². The Morgan fingerprint density at radius 3 is 2.67 bits per heavy atom. The van der Waals surface area contributed by atoms with Crippen molar-refractivity contribution in [2.45, 2.75) is 6.04 Å². The number of terminal acetylenes is 1. The molecule has 0 aliphatic carbocycles. The number of rotatable bonds is 7. The number of methoxy groups -OCH3 is 1. The van der Waals surface area contributed by atoms with Gasteiger partial charge in [0.25, 0.3) is 5.91 Å². The van der Waals surface area contributed by atoms with Crippen molar-refractivity contribution in [3.05, 3.63) is 64.6 Å². The molecule has 1 atom stereocenters. The van der Waals surface area contributed by atoms with Crippen molar-refractivity contribution in [1.29, 1.82) is 0 Å². The topological polar surface area (TPSA) is 76.1 Å². The Balaban J connectivity index is 1.91. The number of carbonyl (C=O) groups is 2. The summed E-state index contributed by atoms with van der Waals surface area (Å²) in [5.41, 5.74) is 1.14. The molecule has 30 heavy (non-hydrogen) atoms. The van der Waals surface area contributed by atoms with Crippen molar-refractivity contribution in [2.75, 3.05) is 13.7 Å². The minimum Gasteiger partial charge on any atom is -0.493 e. The van der Waals surface area contributed by atoms with Gasteiger partial charge in [0, 0.05) is 0 Å². The highest BCUT2D eigenvalue weighted by Crippen LogP contribution is 2.39. The predicted octanol–water partition coefficient (Wildman–Crippen LogP) is 3.73. The van der Waals surface area contributed by atoms with Crippen molar-refractivity contribution in [1.82, 2.24) is 4.90 Å². The van der Waals surface area contributed by atoms with Gasteiger partial charge in [-0.3, -0.25) is 9.69 Å². The molecular weight excluding hydrogens is 422 g/mol. The number of carboxylic acid groups (broad SMARTS) is 1. The number of hydrogen-bond donors (Lipinski definition) is 1. The molecule has 2 aromatic carbocycles. The molecule has 0 aromatic heterocycles. The molecule has 0 unspecified atom stereocenters. The van der Waals surface area contributed by atoms with E-state index in [9.17, 15) is 14.7 Å². The van der Waals surface area contributed by atoms with Gasteiger partial charge in [0.1, 0.15) is 10.9 Å². The summed E-state index contributed by atoms with van der Waals surface area (Å²) < 4.78 is 10.9. The van der Waals surface area contributed by atoms with Gasteiger partial charge in [-0.2, -0.15) is 0 Å². The van der Waals surface area contributed by atoms with Gasteiger partial charge in [0.2, 0.25) is 0 Å². The number of amides is 1. The molecule has 152 valence electrons. The Bertz CT molecular complexity index is 1060. The van der Waals surface area contributed by atoms with E-state index in [0.717, 1.165) is 16.7 Å². The van der Waals surface area contributed by atoms with Crippen LogP contribution in [0.2, 0.25) is 0 Å². The summed E-state index contributed by atoms with van der Waals surface area (Å²) in [7, 11) is 1.50. The molecule has 1 heterocycles. The fourth-order valence-electron chi connectivity index (χ4n) is 2.90. The van der Waals surface area contributed by atoms with Crippen molar-refractivity contribution in [2.24, 2.45) is 0 Å². The van der Waals surface area contributed by atoms with Crippen molar-refractivity contribution >= 4 is 46.3 Å². The molecule has 8 heteroatoms. The average Bonchev–Trinajstić information content (AvgIpc) is 3.01. The number of thiocarbonyl (C=S) groups is 1. The molecular formula is C22H17NO5S2. The smallest absolute Gasteiger partial charge is 0.331 e. The Hall–Kier alpha value is -3.28. The largest absolute Gasteiger partial charge is 0.493 e. The van der Waals surface area contributed by atoms with Crippen LogP contribution >= 0.6 is 24.0 Å². The molecule has 0 bridgehead atoms. The SMILES string of the molecule is C#CCOc1ccc(/C=C2/SC(=S)N([C@H](C(=O)O)c3ccccc3)C2=O)cc1OC. The number of aliphatic carboxylic acids is 1. The number of ether oxygens (including phenoxy) is 2. The van der Waals surface area contributed by atoms with E-state index in [1.807, 2.05) is 0 Å². The highest BCUT2D eigenvalue weighted by Gasteiger charge is 2.41. The molecule has 1 amide bonds. The van der Waals surface area contributed by atoms with Gasteiger partial charge < -0.3 is 14.6 Å². The molecule has 3 rings (SSSR count). The summed E-state index contributed by atoms with van der Waals surface area (Å²) in [5, 5.41) is 9.74. The summed E-state index contributed by atoms with van der Waals surface area (Å²) in [6, 6.07) is 12.4. The molecule has 1 saturated heterocycles. The Morgan fingerprint density at radius 1 is 1.30 bits per heavy atom. The van der Waals surface area contributed by atoms with Crippen LogP contribution in [0.5, 0.6) is 11.5 Å². The third-order valence-corrected chi connectivity index (χ3v) is 5.56. The predicted molar refractivity (Wildman–Crippen MR) is 119 cm³/mol. The van der Waals surface area contributed by atoms with E-state index < -0.39 is 17.9 Å². The highest BCUT2D eigenvalue weighted by molar-refractivity contribution is 8.26. The minimum absolute atomic E-state index is 0.102. The second kappa shape index (κ2) is 9.48. The molecule has 0 saturated carbocycles. The number of nitrogens with zero attached hydrogens (tertiary/aromatic N) is 1. The fourth-order valence-corrected chi connectivity index (χ4v) is 4.22. The van der Waals surface area contributed by atoms with Crippen molar-refractivity contribution in [3.8, 4) is 23.8 Å².